The maximum Gasteiger partial charge on any atom is 0.335 e. The number of rotatable bonds is 4. The summed E-state index contributed by atoms with van der Waals surface area (Å²) in [7, 11) is 0. The minimum absolute atomic E-state index is 0.0525. The van der Waals surface area contributed by atoms with E-state index < -0.39 is 10.9 Å². The number of carboxylic acids is 1. The molecule has 6 heteroatoms. The third kappa shape index (κ3) is 1.81. The average Bonchev–Trinajstić information content (AvgIpc) is 2.83. The Morgan fingerprint density at radius 1 is 1.29 bits per heavy atom. The van der Waals surface area contributed by atoms with Gasteiger partial charge in [-0.25, -0.2) is 4.79 Å². The van der Waals surface area contributed by atoms with Gasteiger partial charge in [-0.1, -0.05) is 0 Å². The van der Waals surface area contributed by atoms with Crippen LogP contribution in [0.15, 0.2) is 18.2 Å². The van der Waals surface area contributed by atoms with Crippen molar-refractivity contribution in [2.45, 2.75) is 25.3 Å². The second-order valence-electron chi connectivity index (χ2n) is 6.45. The van der Waals surface area contributed by atoms with Gasteiger partial charge in [-0.2, -0.15) is 0 Å². The molecule has 4 unspecified atom stereocenters. The van der Waals surface area contributed by atoms with Crippen LogP contribution in [0, 0.1) is 33.8 Å². The van der Waals surface area contributed by atoms with Gasteiger partial charge in [0.2, 0.25) is 0 Å². The first-order chi connectivity index (χ1) is 10.1. The first kappa shape index (κ1) is 12.6. The molecule has 4 atom stereocenters. The van der Waals surface area contributed by atoms with Crippen molar-refractivity contribution in [2.24, 2.45) is 23.7 Å². The smallest absolute Gasteiger partial charge is 0.335 e. The molecular formula is C15H16N2O4. The summed E-state index contributed by atoms with van der Waals surface area (Å²) in [5.74, 6) is 1.76. The van der Waals surface area contributed by atoms with Crippen molar-refractivity contribution in [2.75, 3.05) is 5.32 Å². The Hall–Kier alpha value is -2.11. The molecule has 2 bridgehead atoms. The lowest BCUT2D eigenvalue weighted by Gasteiger charge is -2.12. The van der Waals surface area contributed by atoms with Gasteiger partial charge in [0.05, 0.1) is 10.5 Å². The lowest BCUT2D eigenvalue weighted by Crippen LogP contribution is -2.14. The molecule has 110 valence electrons. The summed E-state index contributed by atoms with van der Waals surface area (Å²) in [5, 5.41) is 23.4. The third-order valence-corrected chi connectivity index (χ3v) is 5.50. The first-order valence-corrected chi connectivity index (χ1v) is 7.34. The van der Waals surface area contributed by atoms with E-state index >= 15 is 0 Å². The normalized spacial score (nSPS) is 35.3. The number of carboxylic acid groups (broad SMARTS) is 1. The standard InChI is InChI=1S/C15H16N2O4/c18-15(19)9-3-4-10(11(6-9)17(20)21)16-14-12-7-1-2-8(5-7)13(12)14/h3-4,6-8,12-14,16H,1-2,5H2,(H,18,19). The number of nitrogens with zero attached hydrogens (tertiary/aromatic N) is 1. The molecule has 3 aliphatic rings. The monoisotopic (exact) mass is 288 g/mol. The van der Waals surface area contributed by atoms with E-state index in [1.807, 2.05) is 0 Å². The second-order valence-corrected chi connectivity index (χ2v) is 6.45. The number of nitrogens with one attached hydrogen (secondary N) is 1. The van der Waals surface area contributed by atoms with Crippen molar-refractivity contribution in [1.29, 1.82) is 0 Å². The Morgan fingerprint density at radius 3 is 2.52 bits per heavy atom. The lowest BCUT2D eigenvalue weighted by atomic mass is 10.0. The average molecular weight is 288 g/mol. The number of nitro groups is 1. The van der Waals surface area contributed by atoms with Crippen molar-refractivity contribution in [3.05, 3.63) is 33.9 Å². The molecule has 21 heavy (non-hydrogen) atoms. The number of nitro benzene ring substituents is 1. The Labute approximate surface area is 121 Å². The number of hydrogen-bond donors (Lipinski definition) is 2. The predicted octanol–water partition coefficient (Wildman–Crippen LogP) is 2.75. The van der Waals surface area contributed by atoms with Crippen molar-refractivity contribution >= 4 is 17.3 Å². The van der Waals surface area contributed by atoms with Crippen LogP contribution in [0.4, 0.5) is 11.4 Å². The highest BCUT2D eigenvalue weighted by molar-refractivity contribution is 5.89. The van der Waals surface area contributed by atoms with E-state index in [2.05, 4.69) is 5.32 Å². The van der Waals surface area contributed by atoms with Gasteiger partial charge < -0.3 is 10.4 Å². The SMILES string of the molecule is O=C(O)c1ccc(NC2C3C4CCC(C4)C23)c([N+](=O)[O-])c1. The summed E-state index contributed by atoms with van der Waals surface area (Å²) in [4.78, 5) is 21.6. The van der Waals surface area contributed by atoms with Gasteiger partial charge in [-0.15, -0.1) is 0 Å². The van der Waals surface area contributed by atoms with Crippen LogP contribution >= 0.6 is 0 Å². The Bertz CT molecular complexity index is 629. The molecule has 0 saturated heterocycles. The summed E-state index contributed by atoms with van der Waals surface area (Å²) in [5.41, 5.74) is 0.249. The van der Waals surface area contributed by atoms with Gasteiger partial charge in [0.25, 0.3) is 5.69 Å². The molecule has 4 rings (SSSR count). The minimum Gasteiger partial charge on any atom is -0.478 e. The molecule has 0 radical (unpaired) electrons. The van der Waals surface area contributed by atoms with Gasteiger partial charge in [0, 0.05) is 12.1 Å². The second kappa shape index (κ2) is 4.19. The van der Waals surface area contributed by atoms with Crippen molar-refractivity contribution in [3.8, 4) is 0 Å². The van der Waals surface area contributed by atoms with Crippen LogP contribution in [0.1, 0.15) is 29.6 Å². The molecule has 0 heterocycles. The number of carbonyl (C=O) groups is 1. The van der Waals surface area contributed by atoms with Crippen molar-refractivity contribution in [1.82, 2.24) is 0 Å². The van der Waals surface area contributed by atoms with Gasteiger partial charge in [-0.3, -0.25) is 10.1 Å². The number of fused-ring (bicyclic) bond motifs is 5. The molecule has 0 aromatic heterocycles. The fraction of sp³-hybridized carbons (Fsp3) is 0.533. The third-order valence-electron chi connectivity index (χ3n) is 5.50. The first-order valence-electron chi connectivity index (χ1n) is 7.34. The van der Waals surface area contributed by atoms with Crippen LogP contribution in [0.2, 0.25) is 0 Å². The Kier molecular flexibility index (Phi) is 2.52. The van der Waals surface area contributed by atoms with E-state index in [0.717, 1.165) is 17.9 Å². The van der Waals surface area contributed by atoms with Crippen LogP contribution < -0.4 is 5.32 Å². The summed E-state index contributed by atoms with van der Waals surface area (Å²) in [6, 6.07) is 4.42. The number of aromatic carboxylic acids is 1. The van der Waals surface area contributed by atoms with Gasteiger partial charge >= 0.3 is 5.97 Å². The van der Waals surface area contributed by atoms with Crippen LogP contribution in [-0.2, 0) is 0 Å². The van der Waals surface area contributed by atoms with E-state index in [-0.39, 0.29) is 11.3 Å². The van der Waals surface area contributed by atoms with E-state index in [9.17, 15) is 14.9 Å². The van der Waals surface area contributed by atoms with Gasteiger partial charge in [0.1, 0.15) is 5.69 Å². The molecule has 0 aliphatic heterocycles. The highest BCUT2D eigenvalue weighted by Gasteiger charge is 2.65. The van der Waals surface area contributed by atoms with Crippen molar-refractivity contribution < 1.29 is 14.8 Å². The number of hydrogen-bond acceptors (Lipinski definition) is 4. The van der Waals surface area contributed by atoms with Crippen LogP contribution in [0.5, 0.6) is 0 Å². The Balaban J connectivity index is 1.58. The maximum absolute atomic E-state index is 11.2. The zero-order valence-corrected chi connectivity index (χ0v) is 11.4. The largest absolute Gasteiger partial charge is 0.478 e. The summed E-state index contributed by atoms with van der Waals surface area (Å²) < 4.78 is 0. The number of anilines is 1. The van der Waals surface area contributed by atoms with Crippen molar-refractivity contribution in [3.63, 3.8) is 0 Å². The van der Waals surface area contributed by atoms with Gasteiger partial charge in [-0.05, 0) is 55.1 Å². The predicted molar refractivity (Wildman–Crippen MR) is 75.3 cm³/mol. The molecule has 0 amide bonds. The zero-order valence-electron chi connectivity index (χ0n) is 11.4. The van der Waals surface area contributed by atoms with E-state index in [0.29, 0.717) is 23.6 Å². The summed E-state index contributed by atoms with van der Waals surface area (Å²) in [6.45, 7) is 0. The van der Waals surface area contributed by atoms with Gasteiger partial charge in [0.15, 0.2) is 0 Å². The number of benzene rings is 1. The maximum atomic E-state index is 11.2. The fourth-order valence-corrected chi connectivity index (χ4v) is 4.64. The summed E-state index contributed by atoms with van der Waals surface area (Å²) >= 11 is 0. The molecular weight excluding hydrogens is 272 g/mol. The van der Waals surface area contributed by atoms with E-state index in [4.69, 9.17) is 5.11 Å². The Morgan fingerprint density at radius 2 is 1.95 bits per heavy atom. The highest BCUT2D eigenvalue weighted by atomic mass is 16.6. The molecule has 3 fully saturated rings. The van der Waals surface area contributed by atoms with Crippen LogP contribution in [0.3, 0.4) is 0 Å². The van der Waals surface area contributed by atoms with E-state index in [1.54, 1.807) is 0 Å². The highest BCUT2D eigenvalue weighted by Crippen LogP contribution is 2.66. The molecule has 1 aromatic carbocycles. The lowest BCUT2D eigenvalue weighted by molar-refractivity contribution is -0.384. The zero-order chi connectivity index (χ0) is 14.7. The molecule has 0 spiro atoms. The molecule has 2 N–H and O–H groups in total. The summed E-state index contributed by atoms with van der Waals surface area (Å²) in [6.07, 6.45) is 3.92. The van der Waals surface area contributed by atoms with Crippen LogP contribution in [-0.4, -0.2) is 22.0 Å². The minimum atomic E-state index is -1.15. The molecule has 1 aromatic rings. The van der Waals surface area contributed by atoms with E-state index in [1.165, 1.54) is 31.4 Å². The fourth-order valence-electron chi connectivity index (χ4n) is 4.64. The molecule has 3 aliphatic carbocycles. The molecule has 3 saturated carbocycles. The quantitative estimate of drug-likeness (QED) is 0.656. The molecule has 6 nitrogen and oxygen atoms in total. The van der Waals surface area contributed by atoms with Crippen LogP contribution in [0.25, 0.3) is 0 Å². The topological polar surface area (TPSA) is 92.5 Å².